The second kappa shape index (κ2) is 6.23. The molecular formula is C11H19BrO2. The minimum Gasteiger partial charge on any atom is -0.461 e. The molecule has 0 saturated heterocycles. The molecule has 0 aromatic carbocycles. The molecule has 2 nitrogen and oxygen atoms in total. The number of halogens is 1. The largest absolute Gasteiger partial charge is 0.461 e. The number of esters is 1. The van der Waals surface area contributed by atoms with Crippen molar-refractivity contribution in [3.8, 4) is 0 Å². The standard InChI is InChI=1S/C11H19BrO2/c1-5-7-9(8-6-2)14-10(13)11(3,4)12/h5,9H,1,6-8H2,2-4H3. The van der Waals surface area contributed by atoms with Gasteiger partial charge in [-0.25, -0.2) is 0 Å². The number of ether oxygens (including phenoxy) is 1. The molecule has 0 rings (SSSR count). The highest BCUT2D eigenvalue weighted by Gasteiger charge is 2.27. The average molecular weight is 263 g/mol. The van der Waals surface area contributed by atoms with E-state index in [2.05, 4.69) is 29.4 Å². The van der Waals surface area contributed by atoms with E-state index in [1.807, 2.05) is 0 Å². The highest BCUT2D eigenvalue weighted by molar-refractivity contribution is 9.10. The van der Waals surface area contributed by atoms with Gasteiger partial charge in [-0.15, -0.1) is 6.58 Å². The Morgan fingerprint density at radius 1 is 1.64 bits per heavy atom. The zero-order valence-electron chi connectivity index (χ0n) is 9.18. The smallest absolute Gasteiger partial charge is 0.322 e. The molecule has 82 valence electrons. The van der Waals surface area contributed by atoms with E-state index in [0.29, 0.717) is 0 Å². The normalized spacial score (nSPS) is 13.4. The average Bonchev–Trinajstić information content (AvgIpc) is 2.03. The summed E-state index contributed by atoms with van der Waals surface area (Å²) in [6.45, 7) is 9.29. The molecular weight excluding hydrogens is 244 g/mol. The number of hydrogen-bond acceptors (Lipinski definition) is 2. The summed E-state index contributed by atoms with van der Waals surface area (Å²) >= 11 is 3.27. The van der Waals surface area contributed by atoms with E-state index in [9.17, 15) is 4.79 Å². The summed E-state index contributed by atoms with van der Waals surface area (Å²) < 4.78 is 4.74. The fourth-order valence-electron chi connectivity index (χ4n) is 1.02. The van der Waals surface area contributed by atoms with Gasteiger partial charge in [-0.1, -0.05) is 35.4 Å². The molecule has 0 radical (unpaired) electrons. The highest BCUT2D eigenvalue weighted by Crippen LogP contribution is 2.20. The maximum Gasteiger partial charge on any atom is 0.322 e. The van der Waals surface area contributed by atoms with Gasteiger partial charge in [0.2, 0.25) is 0 Å². The molecule has 0 amide bonds. The van der Waals surface area contributed by atoms with Crippen LogP contribution in [0.1, 0.15) is 40.0 Å². The minimum atomic E-state index is -0.597. The molecule has 0 fully saturated rings. The second-order valence-corrected chi connectivity index (χ2v) is 5.80. The molecule has 0 aliphatic carbocycles. The monoisotopic (exact) mass is 262 g/mol. The van der Waals surface area contributed by atoms with Crippen molar-refractivity contribution in [1.29, 1.82) is 0 Å². The fraction of sp³-hybridized carbons (Fsp3) is 0.727. The Morgan fingerprint density at radius 2 is 2.21 bits per heavy atom. The number of rotatable bonds is 6. The maximum absolute atomic E-state index is 11.5. The zero-order valence-corrected chi connectivity index (χ0v) is 10.8. The van der Waals surface area contributed by atoms with Gasteiger partial charge in [0.05, 0.1) is 0 Å². The maximum atomic E-state index is 11.5. The summed E-state index contributed by atoms with van der Waals surface area (Å²) in [7, 11) is 0. The van der Waals surface area contributed by atoms with E-state index in [-0.39, 0.29) is 12.1 Å². The van der Waals surface area contributed by atoms with Crippen LogP contribution in [0, 0.1) is 0 Å². The predicted octanol–water partition coefficient (Wildman–Crippen LogP) is 3.45. The third-order valence-electron chi connectivity index (χ3n) is 1.80. The van der Waals surface area contributed by atoms with Crippen LogP contribution < -0.4 is 0 Å². The molecule has 0 aromatic rings. The van der Waals surface area contributed by atoms with Crippen LogP contribution in [-0.4, -0.2) is 16.4 Å². The summed E-state index contributed by atoms with van der Waals surface area (Å²) in [5, 5.41) is 0. The number of carbonyl (C=O) groups is 1. The van der Waals surface area contributed by atoms with Crippen molar-refractivity contribution in [2.75, 3.05) is 0 Å². The first-order valence-electron chi connectivity index (χ1n) is 4.92. The molecule has 0 aromatic heterocycles. The number of carbonyl (C=O) groups excluding carboxylic acids is 1. The van der Waals surface area contributed by atoms with Crippen LogP contribution in [0.2, 0.25) is 0 Å². The molecule has 3 heteroatoms. The van der Waals surface area contributed by atoms with Crippen molar-refractivity contribution in [2.24, 2.45) is 0 Å². The van der Waals surface area contributed by atoms with Gasteiger partial charge in [-0.05, 0) is 20.3 Å². The molecule has 0 spiro atoms. The third kappa shape index (κ3) is 5.43. The molecule has 0 saturated carbocycles. The van der Waals surface area contributed by atoms with E-state index in [0.717, 1.165) is 19.3 Å². The van der Waals surface area contributed by atoms with Crippen molar-refractivity contribution in [1.82, 2.24) is 0 Å². The molecule has 0 N–H and O–H groups in total. The first-order chi connectivity index (χ1) is 6.41. The van der Waals surface area contributed by atoms with Crippen molar-refractivity contribution in [3.05, 3.63) is 12.7 Å². The summed E-state index contributed by atoms with van der Waals surface area (Å²) in [6.07, 6.45) is 4.38. The zero-order chi connectivity index (χ0) is 11.2. The summed E-state index contributed by atoms with van der Waals surface area (Å²) in [4.78, 5) is 11.5. The van der Waals surface area contributed by atoms with E-state index in [1.54, 1.807) is 19.9 Å². The van der Waals surface area contributed by atoms with Crippen LogP contribution in [-0.2, 0) is 9.53 Å². The van der Waals surface area contributed by atoms with Gasteiger partial charge >= 0.3 is 5.97 Å². The summed E-state index contributed by atoms with van der Waals surface area (Å²) in [6, 6.07) is 0. The van der Waals surface area contributed by atoms with Gasteiger partial charge in [-0.3, -0.25) is 4.79 Å². The Balaban J connectivity index is 4.15. The second-order valence-electron chi connectivity index (χ2n) is 3.81. The molecule has 1 atom stereocenters. The first-order valence-corrected chi connectivity index (χ1v) is 5.72. The van der Waals surface area contributed by atoms with Gasteiger partial charge < -0.3 is 4.74 Å². The first kappa shape index (κ1) is 13.7. The van der Waals surface area contributed by atoms with Crippen LogP contribution in [0.4, 0.5) is 0 Å². The van der Waals surface area contributed by atoms with Crippen LogP contribution >= 0.6 is 15.9 Å². The Bertz CT molecular complexity index is 194. The molecule has 0 aliphatic heterocycles. The fourth-order valence-corrected chi connectivity index (χ4v) is 1.12. The van der Waals surface area contributed by atoms with Gasteiger partial charge in [0.25, 0.3) is 0 Å². The molecule has 1 unspecified atom stereocenters. The van der Waals surface area contributed by atoms with Crippen LogP contribution in [0.5, 0.6) is 0 Å². The lowest BCUT2D eigenvalue weighted by molar-refractivity contribution is -0.151. The topological polar surface area (TPSA) is 26.3 Å². The quantitative estimate of drug-likeness (QED) is 0.417. The summed E-state index contributed by atoms with van der Waals surface area (Å²) in [5.74, 6) is -0.210. The Morgan fingerprint density at radius 3 is 2.57 bits per heavy atom. The summed E-state index contributed by atoms with van der Waals surface area (Å²) in [5.41, 5.74) is 0. The molecule has 0 heterocycles. The lowest BCUT2D eigenvalue weighted by Crippen LogP contribution is -2.30. The third-order valence-corrected chi connectivity index (χ3v) is 2.12. The van der Waals surface area contributed by atoms with E-state index < -0.39 is 4.32 Å². The molecule has 0 bridgehead atoms. The highest BCUT2D eigenvalue weighted by atomic mass is 79.9. The molecule has 14 heavy (non-hydrogen) atoms. The van der Waals surface area contributed by atoms with Crippen molar-refractivity contribution in [3.63, 3.8) is 0 Å². The Kier molecular flexibility index (Phi) is 6.09. The van der Waals surface area contributed by atoms with E-state index >= 15 is 0 Å². The van der Waals surface area contributed by atoms with Crippen molar-refractivity contribution in [2.45, 2.75) is 50.5 Å². The van der Waals surface area contributed by atoms with Crippen molar-refractivity contribution >= 4 is 21.9 Å². The number of hydrogen-bond donors (Lipinski definition) is 0. The van der Waals surface area contributed by atoms with Gasteiger partial charge in [0.1, 0.15) is 10.4 Å². The van der Waals surface area contributed by atoms with Gasteiger partial charge in [0.15, 0.2) is 0 Å². The lowest BCUT2D eigenvalue weighted by atomic mass is 10.1. The van der Waals surface area contributed by atoms with Gasteiger partial charge in [0, 0.05) is 6.42 Å². The van der Waals surface area contributed by atoms with Crippen LogP contribution in [0.3, 0.4) is 0 Å². The SMILES string of the molecule is C=CCC(CCC)OC(=O)C(C)(C)Br. The van der Waals surface area contributed by atoms with Crippen molar-refractivity contribution < 1.29 is 9.53 Å². The molecule has 0 aliphatic rings. The van der Waals surface area contributed by atoms with Crippen LogP contribution in [0.25, 0.3) is 0 Å². The minimum absolute atomic E-state index is 0.0261. The Labute approximate surface area is 94.8 Å². The lowest BCUT2D eigenvalue weighted by Gasteiger charge is -2.21. The Hall–Kier alpha value is -0.310. The van der Waals surface area contributed by atoms with E-state index in [1.165, 1.54) is 0 Å². The number of alkyl halides is 1. The van der Waals surface area contributed by atoms with E-state index in [4.69, 9.17) is 4.74 Å². The predicted molar refractivity (Wildman–Crippen MR) is 62.6 cm³/mol. The van der Waals surface area contributed by atoms with Gasteiger partial charge in [-0.2, -0.15) is 0 Å². The van der Waals surface area contributed by atoms with Crippen LogP contribution in [0.15, 0.2) is 12.7 Å².